The molecule has 7 heteroatoms. The van der Waals surface area contributed by atoms with Crippen LogP contribution in [0.2, 0.25) is 0 Å². The second kappa shape index (κ2) is 6.22. The van der Waals surface area contributed by atoms with Crippen LogP contribution in [0.5, 0.6) is 0 Å². The van der Waals surface area contributed by atoms with Gasteiger partial charge in [0.05, 0.1) is 0 Å². The number of nitrogens with zero attached hydrogens (tertiary/aromatic N) is 1. The Morgan fingerprint density at radius 1 is 1.17 bits per heavy atom. The van der Waals surface area contributed by atoms with Crippen molar-refractivity contribution < 1.29 is 27.5 Å². The number of rotatable bonds is 2. The second-order valence-electron chi connectivity index (χ2n) is 6.53. The van der Waals surface area contributed by atoms with E-state index in [9.17, 15) is 22.8 Å². The molecule has 1 aromatic carbocycles. The van der Waals surface area contributed by atoms with Crippen LogP contribution < -0.4 is 0 Å². The third kappa shape index (κ3) is 4.03. The molecule has 1 saturated heterocycles. The van der Waals surface area contributed by atoms with Crippen LogP contribution in [0.4, 0.5) is 18.0 Å². The Labute approximate surface area is 132 Å². The fourth-order valence-corrected chi connectivity index (χ4v) is 2.40. The van der Waals surface area contributed by atoms with Crippen LogP contribution in [0.15, 0.2) is 12.1 Å². The number of ether oxygens (including phenoxy) is 1. The van der Waals surface area contributed by atoms with Gasteiger partial charge in [0.15, 0.2) is 23.2 Å². The highest BCUT2D eigenvalue weighted by atomic mass is 19.2. The molecule has 1 amide bonds. The van der Waals surface area contributed by atoms with Crippen molar-refractivity contribution in [2.45, 2.75) is 32.8 Å². The molecular weight excluding hydrogens is 311 g/mol. The highest BCUT2D eigenvalue weighted by Gasteiger charge is 2.34. The maximum atomic E-state index is 13.2. The van der Waals surface area contributed by atoms with E-state index < -0.39 is 40.8 Å². The van der Waals surface area contributed by atoms with Gasteiger partial charge >= 0.3 is 6.09 Å². The van der Waals surface area contributed by atoms with Gasteiger partial charge in [0.25, 0.3) is 0 Å². The Balaban J connectivity index is 2.07. The Kier molecular flexibility index (Phi) is 4.68. The van der Waals surface area contributed by atoms with E-state index in [1.165, 1.54) is 4.90 Å². The Bertz CT molecular complexity index is 617. The summed E-state index contributed by atoms with van der Waals surface area (Å²) in [5, 5.41) is 0. The number of carbonyl (C=O) groups is 2. The largest absolute Gasteiger partial charge is 0.444 e. The number of Topliss-reactive ketones (excluding diaryl/α,β-unsaturated/α-hetero) is 1. The fourth-order valence-electron chi connectivity index (χ4n) is 2.40. The monoisotopic (exact) mass is 329 g/mol. The molecule has 126 valence electrons. The average molecular weight is 329 g/mol. The number of hydrogen-bond acceptors (Lipinski definition) is 3. The lowest BCUT2D eigenvalue weighted by atomic mass is 9.97. The van der Waals surface area contributed by atoms with Gasteiger partial charge in [-0.25, -0.2) is 18.0 Å². The Morgan fingerprint density at radius 2 is 1.74 bits per heavy atom. The summed E-state index contributed by atoms with van der Waals surface area (Å²) in [4.78, 5) is 25.6. The molecule has 0 saturated carbocycles. The smallest absolute Gasteiger partial charge is 0.410 e. The molecule has 0 aliphatic carbocycles. The van der Waals surface area contributed by atoms with Gasteiger partial charge in [0.1, 0.15) is 5.60 Å². The van der Waals surface area contributed by atoms with Crippen molar-refractivity contribution in [2.24, 2.45) is 5.92 Å². The van der Waals surface area contributed by atoms with E-state index in [2.05, 4.69) is 0 Å². The van der Waals surface area contributed by atoms with Gasteiger partial charge in [-0.3, -0.25) is 4.79 Å². The summed E-state index contributed by atoms with van der Waals surface area (Å²) >= 11 is 0. The van der Waals surface area contributed by atoms with Crippen molar-refractivity contribution in [2.75, 3.05) is 13.1 Å². The molecular formula is C16H18F3NO3. The summed E-state index contributed by atoms with van der Waals surface area (Å²) in [6, 6.07) is 1.35. The first-order chi connectivity index (χ1) is 10.6. The summed E-state index contributed by atoms with van der Waals surface area (Å²) < 4.78 is 44.6. The Hall–Kier alpha value is -2.05. The van der Waals surface area contributed by atoms with Crippen molar-refractivity contribution in [1.29, 1.82) is 0 Å². The standard InChI is InChI=1S/C16H18F3NO3/c1-16(2,3)23-15(22)20-5-4-9(8-20)14(21)10-6-11(17)13(19)12(18)7-10/h6-7,9H,4-5,8H2,1-3H3/t9-/m1/s1. The molecule has 0 spiro atoms. The van der Waals surface area contributed by atoms with Crippen LogP contribution in [0.1, 0.15) is 37.6 Å². The van der Waals surface area contributed by atoms with Crippen LogP contribution in [0.25, 0.3) is 0 Å². The van der Waals surface area contributed by atoms with Gasteiger partial charge in [0.2, 0.25) is 0 Å². The molecule has 1 aliphatic heterocycles. The van der Waals surface area contributed by atoms with E-state index in [1.54, 1.807) is 20.8 Å². The minimum atomic E-state index is -1.61. The van der Waals surface area contributed by atoms with Gasteiger partial charge in [-0.2, -0.15) is 0 Å². The molecule has 1 aromatic rings. The Morgan fingerprint density at radius 3 is 2.26 bits per heavy atom. The zero-order chi connectivity index (χ0) is 17.4. The highest BCUT2D eigenvalue weighted by molar-refractivity contribution is 5.98. The van der Waals surface area contributed by atoms with Crippen molar-refractivity contribution in [1.82, 2.24) is 4.90 Å². The molecule has 0 aromatic heterocycles. The van der Waals surface area contributed by atoms with E-state index in [1.807, 2.05) is 0 Å². The predicted molar refractivity (Wildman–Crippen MR) is 76.6 cm³/mol. The lowest BCUT2D eigenvalue weighted by Crippen LogP contribution is -2.35. The zero-order valence-electron chi connectivity index (χ0n) is 13.2. The first kappa shape index (κ1) is 17.3. The molecule has 23 heavy (non-hydrogen) atoms. The molecule has 1 heterocycles. The predicted octanol–water partition coefficient (Wildman–Crippen LogP) is 3.54. The van der Waals surface area contributed by atoms with Crippen LogP contribution in [-0.2, 0) is 4.74 Å². The number of benzene rings is 1. The van der Waals surface area contributed by atoms with Crippen molar-refractivity contribution in [3.8, 4) is 0 Å². The fraction of sp³-hybridized carbons (Fsp3) is 0.500. The highest BCUT2D eigenvalue weighted by Crippen LogP contribution is 2.24. The molecule has 1 aliphatic rings. The summed E-state index contributed by atoms with van der Waals surface area (Å²) in [6.45, 7) is 5.61. The van der Waals surface area contributed by atoms with Crippen LogP contribution >= 0.6 is 0 Å². The molecule has 0 unspecified atom stereocenters. The lowest BCUT2D eigenvalue weighted by molar-refractivity contribution is 0.0289. The lowest BCUT2D eigenvalue weighted by Gasteiger charge is -2.24. The van der Waals surface area contributed by atoms with Gasteiger partial charge in [-0.15, -0.1) is 0 Å². The summed E-state index contributed by atoms with van der Waals surface area (Å²) in [5.41, 5.74) is -0.889. The first-order valence-corrected chi connectivity index (χ1v) is 7.25. The van der Waals surface area contributed by atoms with Gasteiger partial charge in [-0.1, -0.05) is 0 Å². The summed E-state index contributed by atoms with van der Waals surface area (Å²) in [7, 11) is 0. The number of hydrogen-bond donors (Lipinski definition) is 0. The third-order valence-electron chi connectivity index (χ3n) is 3.48. The van der Waals surface area contributed by atoms with Gasteiger partial charge in [0, 0.05) is 24.6 Å². The quantitative estimate of drug-likeness (QED) is 0.616. The molecule has 1 fully saturated rings. The van der Waals surface area contributed by atoms with E-state index in [-0.39, 0.29) is 12.1 Å². The van der Waals surface area contributed by atoms with Gasteiger partial charge in [-0.05, 0) is 39.3 Å². The summed E-state index contributed by atoms with van der Waals surface area (Å²) in [6.07, 6.45) is -0.178. The molecule has 1 atom stereocenters. The van der Waals surface area contributed by atoms with Crippen LogP contribution in [-0.4, -0.2) is 35.5 Å². The second-order valence-corrected chi connectivity index (χ2v) is 6.53. The third-order valence-corrected chi connectivity index (χ3v) is 3.48. The average Bonchev–Trinajstić information content (AvgIpc) is 2.91. The topological polar surface area (TPSA) is 46.6 Å². The molecule has 0 N–H and O–H groups in total. The van der Waals surface area contributed by atoms with Crippen LogP contribution in [0.3, 0.4) is 0 Å². The number of ketones is 1. The maximum absolute atomic E-state index is 13.2. The van der Waals surface area contributed by atoms with E-state index in [0.717, 1.165) is 0 Å². The molecule has 4 nitrogen and oxygen atoms in total. The number of amides is 1. The first-order valence-electron chi connectivity index (χ1n) is 7.25. The van der Waals surface area contributed by atoms with E-state index >= 15 is 0 Å². The minimum Gasteiger partial charge on any atom is -0.444 e. The van der Waals surface area contributed by atoms with Gasteiger partial charge < -0.3 is 9.64 Å². The molecule has 0 bridgehead atoms. The number of carbonyl (C=O) groups excluding carboxylic acids is 2. The molecule has 2 rings (SSSR count). The van der Waals surface area contributed by atoms with Crippen molar-refractivity contribution in [3.63, 3.8) is 0 Å². The SMILES string of the molecule is CC(C)(C)OC(=O)N1CC[C@@H](C(=O)c2cc(F)c(F)c(F)c2)C1. The van der Waals surface area contributed by atoms with E-state index in [4.69, 9.17) is 4.74 Å². The summed E-state index contributed by atoms with van der Waals surface area (Å²) in [5.74, 6) is -5.53. The van der Waals surface area contributed by atoms with Crippen molar-refractivity contribution >= 4 is 11.9 Å². The normalized spacial score (nSPS) is 18.2. The number of likely N-dealkylation sites (tertiary alicyclic amines) is 1. The zero-order valence-corrected chi connectivity index (χ0v) is 13.2. The molecule has 0 radical (unpaired) electrons. The van der Waals surface area contributed by atoms with Crippen LogP contribution in [0, 0.1) is 23.4 Å². The van der Waals surface area contributed by atoms with E-state index in [0.29, 0.717) is 25.1 Å². The van der Waals surface area contributed by atoms with Crippen molar-refractivity contribution in [3.05, 3.63) is 35.1 Å². The minimum absolute atomic E-state index is 0.106. The number of halogens is 3. The maximum Gasteiger partial charge on any atom is 0.410 e.